The Morgan fingerprint density at radius 3 is 2.62 bits per heavy atom. The van der Waals surface area contributed by atoms with Crippen molar-refractivity contribution in [2.45, 2.75) is 65.2 Å². The predicted molar refractivity (Wildman–Crippen MR) is 124 cm³/mol. The van der Waals surface area contributed by atoms with Gasteiger partial charge in [-0.05, 0) is 51.7 Å². The first-order valence-electron chi connectivity index (χ1n) is 11.2. The van der Waals surface area contributed by atoms with Gasteiger partial charge in [0.15, 0.2) is 18.1 Å². The summed E-state index contributed by atoms with van der Waals surface area (Å²) < 4.78 is 20.8. The summed E-state index contributed by atoms with van der Waals surface area (Å²) in [6.45, 7) is 5.03. The molecule has 1 heterocycles. The van der Waals surface area contributed by atoms with Crippen LogP contribution in [0.3, 0.4) is 0 Å². The lowest BCUT2D eigenvalue weighted by molar-refractivity contribution is -0.170. The summed E-state index contributed by atoms with van der Waals surface area (Å²) in [5, 5.41) is 10.1. The zero-order chi connectivity index (χ0) is 24.7. The summed E-state index contributed by atoms with van der Waals surface area (Å²) >= 11 is 0. The van der Waals surface area contributed by atoms with Crippen molar-refractivity contribution in [3.8, 4) is 17.2 Å². The molecule has 2 aromatic rings. The quantitative estimate of drug-likeness (QED) is 0.299. The molecular weight excluding hydrogens is 459 g/mol. The predicted octanol–water partition coefficient (Wildman–Crippen LogP) is 4.23. The molecule has 1 fully saturated rings. The molecule has 1 aromatic carbocycles. The van der Waals surface area contributed by atoms with Crippen molar-refractivity contribution in [3.63, 3.8) is 0 Å². The topological polar surface area (TPSA) is 130 Å². The van der Waals surface area contributed by atoms with E-state index in [1.54, 1.807) is 45.0 Å². The molecule has 1 aliphatic carbocycles. The minimum Gasteiger partial charge on any atom is -0.575 e. The second-order valence-electron chi connectivity index (χ2n) is 8.40. The minimum atomic E-state index is -2.58. The molecular formula is C24H29N2O7P. The van der Waals surface area contributed by atoms with E-state index in [4.69, 9.17) is 14.0 Å². The number of aromatic hydroxyl groups is 1. The number of carbonyl (C=O) groups excluding carboxylic acids is 2. The van der Waals surface area contributed by atoms with E-state index in [1.165, 1.54) is 6.20 Å². The van der Waals surface area contributed by atoms with Crippen LogP contribution in [0.1, 0.15) is 61.1 Å². The van der Waals surface area contributed by atoms with Crippen molar-refractivity contribution in [1.29, 1.82) is 0 Å². The number of hydrogen-bond donors (Lipinski definition) is 1. The van der Waals surface area contributed by atoms with Gasteiger partial charge in [-0.3, -0.25) is 14.3 Å². The van der Waals surface area contributed by atoms with Gasteiger partial charge in [0.25, 0.3) is 0 Å². The molecule has 0 bridgehead atoms. The Labute approximate surface area is 199 Å². The van der Waals surface area contributed by atoms with Gasteiger partial charge in [0, 0.05) is 11.8 Å². The molecule has 0 amide bonds. The van der Waals surface area contributed by atoms with E-state index < -0.39 is 20.2 Å². The van der Waals surface area contributed by atoms with Gasteiger partial charge in [-0.15, -0.1) is 0 Å². The van der Waals surface area contributed by atoms with Gasteiger partial charge in [-0.1, -0.05) is 29.7 Å². The fraction of sp³-hybridized carbons (Fsp3) is 0.458. The van der Waals surface area contributed by atoms with Crippen LogP contribution in [-0.4, -0.2) is 34.5 Å². The fourth-order valence-corrected chi connectivity index (χ4v) is 4.67. The van der Waals surface area contributed by atoms with E-state index in [0.717, 1.165) is 25.7 Å². The summed E-state index contributed by atoms with van der Waals surface area (Å²) in [5.41, 5.74) is 0.816. The molecule has 2 atom stereocenters. The number of rotatable bonds is 10. The van der Waals surface area contributed by atoms with Gasteiger partial charge in [0.05, 0.1) is 17.4 Å². The van der Waals surface area contributed by atoms with Crippen LogP contribution in [0.25, 0.3) is 0 Å². The average Bonchev–Trinajstić information content (AvgIpc) is 3.33. The molecule has 1 aromatic heterocycles. The summed E-state index contributed by atoms with van der Waals surface area (Å²) in [6.07, 6.45) is 5.32. The van der Waals surface area contributed by atoms with Crippen molar-refractivity contribution in [3.05, 3.63) is 47.3 Å². The number of carbonyl (C=O) groups is 2. The highest BCUT2D eigenvalue weighted by molar-refractivity contribution is 7.34. The molecule has 3 rings (SSSR count). The van der Waals surface area contributed by atoms with Crippen LogP contribution in [0, 0.1) is 12.8 Å². The van der Waals surface area contributed by atoms with E-state index in [0.29, 0.717) is 17.5 Å². The lowest BCUT2D eigenvalue weighted by Crippen LogP contribution is -2.30. The van der Waals surface area contributed by atoms with E-state index in [2.05, 4.69) is 9.73 Å². The van der Waals surface area contributed by atoms with Crippen molar-refractivity contribution >= 4 is 20.4 Å². The maximum absolute atomic E-state index is 12.8. The number of aldehydes is 1. The van der Waals surface area contributed by atoms with E-state index >= 15 is 0 Å². The Balaban J connectivity index is 1.77. The van der Waals surface area contributed by atoms with Gasteiger partial charge in [0.2, 0.25) is 5.75 Å². The van der Waals surface area contributed by atoms with Gasteiger partial charge in [-0.2, -0.15) is 0 Å². The Morgan fingerprint density at radius 1 is 1.29 bits per heavy atom. The number of aryl methyl sites for hydroxylation is 1. The zero-order valence-electron chi connectivity index (χ0n) is 19.5. The highest BCUT2D eigenvalue weighted by atomic mass is 31.1. The molecule has 10 heteroatoms. The molecule has 34 heavy (non-hydrogen) atoms. The van der Waals surface area contributed by atoms with E-state index in [1.807, 2.05) is 0 Å². The lowest BCUT2D eigenvalue weighted by atomic mass is 9.99. The zero-order valence-corrected chi connectivity index (χ0v) is 20.4. The summed E-state index contributed by atoms with van der Waals surface area (Å²) in [6, 6.07) is 5.73. The van der Waals surface area contributed by atoms with Crippen molar-refractivity contribution in [2.24, 2.45) is 10.7 Å². The fourth-order valence-electron chi connectivity index (χ4n) is 3.82. The van der Waals surface area contributed by atoms with Crippen LogP contribution in [0.15, 0.2) is 35.2 Å². The van der Waals surface area contributed by atoms with Crippen LogP contribution in [0.4, 0.5) is 0 Å². The number of pyridine rings is 1. The van der Waals surface area contributed by atoms with Gasteiger partial charge < -0.3 is 19.5 Å². The lowest BCUT2D eigenvalue weighted by Gasteiger charge is -2.17. The molecule has 182 valence electrons. The first-order chi connectivity index (χ1) is 16.3. The Hall–Kier alpha value is -3.03. The van der Waals surface area contributed by atoms with Crippen molar-refractivity contribution < 1.29 is 33.6 Å². The summed E-state index contributed by atoms with van der Waals surface area (Å²) in [7, 11) is -2.58. The van der Waals surface area contributed by atoms with Crippen LogP contribution in [-0.2, 0) is 16.1 Å². The molecule has 1 saturated carbocycles. The third kappa shape index (κ3) is 6.52. The van der Waals surface area contributed by atoms with Crippen LogP contribution < -0.4 is 14.2 Å². The Kier molecular flexibility index (Phi) is 8.96. The van der Waals surface area contributed by atoms with Crippen LogP contribution in [0.5, 0.6) is 17.2 Å². The van der Waals surface area contributed by atoms with Gasteiger partial charge in [0.1, 0.15) is 12.4 Å². The Morgan fingerprint density at radius 2 is 1.97 bits per heavy atom. The largest absolute Gasteiger partial charge is 0.575 e. The average molecular weight is 488 g/mol. The number of benzene rings is 1. The highest BCUT2D eigenvalue weighted by Gasteiger charge is 2.35. The van der Waals surface area contributed by atoms with E-state index in [-0.39, 0.29) is 41.4 Å². The number of para-hydroxylation sites is 2. The Bertz CT molecular complexity index is 1050. The number of hydrogen-bond acceptors (Lipinski definition) is 9. The highest BCUT2D eigenvalue weighted by Crippen LogP contribution is 2.37. The molecule has 0 radical (unpaired) electrons. The number of nitrogens with zero attached hydrogens (tertiary/aromatic N) is 2. The maximum atomic E-state index is 12.8. The molecule has 1 unspecified atom stereocenters. The normalized spacial score (nSPS) is 15.3. The second-order valence-corrected chi connectivity index (χ2v) is 9.29. The maximum Gasteiger partial charge on any atom is 0.395 e. The van der Waals surface area contributed by atoms with Crippen molar-refractivity contribution in [1.82, 2.24) is 4.98 Å². The van der Waals surface area contributed by atoms with E-state index in [9.17, 15) is 19.6 Å². The molecule has 0 spiro atoms. The second kappa shape index (κ2) is 11.9. The number of aromatic nitrogens is 1. The first kappa shape index (κ1) is 25.6. The molecule has 1 aliphatic rings. The summed E-state index contributed by atoms with van der Waals surface area (Å²) in [4.78, 5) is 40.8. The smallest absolute Gasteiger partial charge is 0.395 e. The third-order valence-corrected chi connectivity index (χ3v) is 6.33. The summed E-state index contributed by atoms with van der Waals surface area (Å²) in [5.74, 6) is -0.282. The molecule has 1 N–H and O–H groups in total. The molecule has 0 aliphatic heterocycles. The first-order valence-corrected chi connectivity index (χ1v) is 12.3. The number of esters is 1. The van der Waals surface area contributed by atoms with Gasteiger partial charge >= 0.3 is 14.1 Å². The van der Waals surface area contributed by atoms with Crippen LogP contribution >= 0.6 is 8.17 Å². The molecule has 0 saturated heterocycles. The van der Waals surface area contributed by atoms with Crippen molar-refractivity contribution in [2.75, 3.05) is 0 Å². The number of ether oxygens (including phenoxy) is 2. The van der Waals surface area contributed by atoms with Crippen LogP contribution in [0.2, 0.25) is 0 Å². The monoisotopic (exact) mass is 488 g/mol. The molecule has 9 nitrogen and oxygen atoms in total. The van der Waals surface area contributed by atoms with Gasteiger partial charge in [-0.25, -0.2) is 4.79 Å². The SMILES string of the molecule is Cc1ncc(COc2ccccc2O[P+]([O-])=N[C@H](C(=O)OC(C)C)C2CCCC2)c(C=O)c1O. The third-order valence-electron chi connectivity index (χ3n) is 5.54. The standard InChI is InChI=1S/C24H29N2O7P/c1-15(2)32-24(29)22(17-8-4-5-9-17)26-34(30)33-21-11-7-6-10-20(21)31-14-18-12-25-16(3)23(28)19(18)13-27/h6-7,10-13,15,17,22,28H,4-5,8-9,14H2,1-3H3/t22-/m0/s1. The minimum absolute atomic E-state index is 0.0243.